The van der Waals surface area contributed by atoms with Crippen LogP contribution in [0.3, 0.4) is 0 Å². The van der Waals surface area contributed by atoms with Crippen molar-refractivity contribution in [3.8, 4) is 11.5 Å². The molecule has 1 aromatic heterocycles. The first-order valence-electron chi connectivity index (χ1n) is 8.03. The summed E-state index contributed by atoms with van der Waals surface area (Å²) in [5.41, 5.74) is 2.38. The lowest BCUT2D eigenvalue weighted by atomic mass is 9.99. The summed E-state index contributed by atoms with van der Waals surface area (Å²) >= 11 is 1.64. The second-order valence-electron chi connectivity index (χ2n) is 6.07. The van der Waals surface area contributed by atoms with Crippen LogP contribution in [0.25, 0.3) is 0 Å². The van der Waals surface area contributed by atoms with Gasteiger partial charge >= 0.3 is 0 Å². The van der Waals surface area contributed by atoms with Gasteiger partial charge in [0.2, 0.25) is 6.79 Å². The quantitative estimate of drug-likeness (QED) is 0.930. The third-order valence-corrected chi connectivity index (χ3v) is 5.70. The topological polar surface area (TPSA) is 47.6 Å². The molecule has 0 fully saturated rings. The molecule has 5 heteroatoms. The van der Waals surface area contributed by atoms with E-state index in [-0.39, 0.29) is 18.7 Å². The second kappa shape index (κ2) is 5.89. The van der Waals surface area contributed by atoms with Gasteiger partial charge in [-0.3, -0.25) is 4.79 Å². The Labute approximate surface area is 139 Å². The molecule has 1 unspecified atom stereocenters. The van der Waals surface area contributed by atoms with Gasteiger partial charge in [-0.15, -0.1) is 11.3 Å². The Morgan fingerprint density at radius 3 is 2.87 bits per heavy atom. The Bertz CT molecular complexity index is 729. The number of ether oxygens (including phenoxy) is 2. The van der Waals surface area contributed by atoms with E-state index in [1.807, 2.05) is 25.1 Å². The number of benzene rings is 1. The molecule has 120 valence electrons. The van der Waals surface area contributed by atoms with E-state index in [0.717, 1.165) is 34.8 Å². The molecule has 1 aromatic carbocycles. The van der Waals surface area contributed by atoms with E-state index in [9.17, 15) is 4.79 Å². The number of nitrogens with one attached hydrogen (secondary N) is 1. The van der Waals surface area contributed by atoms with E-state index < -0.39 is 0 Å². The summed E-state index contributed by atoms with van der Waals surface area (Å²) in [5.74, 6) is 1.52. The maximum absolute atomic E-state index is 12.5. The summed E-state index contributed by atoms with van der Waals surface area (Å²) in [6.45, 7) is 2.25. The third kappa shape index (κ3) is 2.81. The van der Waals surface area contributed by atoms with Crippen LogP contribution in [0, 0.1) is 0 Å². The van der Waals surface area contributed by atoms with Crippen LogP contribution < -0.4 is 14.8 Å². The van der Waals surface area contributed by atoms with Crippen LogP contribution in [-0.2, 0) is 12.8 Å². The molecular formula is C18H19NO3S. The molecule has 4 nitrogen and oxygen atoms in total. The van der Waals surface area contributed by atoms with E-state index in [1.165, 1.54) is 23.3 Å². The summed E-state index contributed by atoms with van der Waals surface area (Å²) in [5, 5.41) is 3.09. The Hall–Kier alpha value is -2.01. The van der Waals surface area contributed by atoms with Gasteiger partial charge < -0.3 is 14.8 Å². The van der Waals surface area contributed by atoms with Crippen LogP contribution in [-0.4, -0.2) is 12.7 Å². The zero-order valence-electron chi connectivity index (χ0n) is 13.1. The summed E-state index contributed by atoms with van der Waals surface area (Å²) < 4.78 is 10.7. The van der Waals surface area contributed by atoms with Gasteiger partial charge in [-0.25, -0.2) is 0 Å². The monoisotopic (exact) mass is 329 g/mol. The number of fused-ring (bicyclic) bond motifs is 2. The van der Waals surface area contributed by atoms with Crippen LogP contribution in [0.15, 0.2) is 24.3 Å². The Morgan fingerprint density at radius 2 is 2.00 bits per heavy atom. The number of hydrogen-bond acceptors (Lipinski definition) is 4. The van der Waals surface area contributed by atoms with Crippen molar-refractivity contribution in [3.63, 3.8) is 0 Å². The van der Waals surface area contributed by atoms with E-state index in [2.05, 4.69) is 11.4 Å². The first-order chi connectivity index (χ1) is 11.2. The molecule has 0 saturated carbocycles. The largest absolute Gasteiger partial charge is 0.454 e. The van der Waals surface area contributed by atoms with Crippen LogP contribution in [0.1, 0.15) is 51.5 Å². The third-order valence-electron chi connectivity index (χ3n) is 4.46. The average molecular weight is 329 g/mol. The average Bonchev–Trinajstić information content (AvgIpc) is 3.20. The fourth-order valence-corrected chi connectivity index (χ4v) is 4.29. The van der Waals surface area contributed by atoms with Crippen molar-refractivity contribution in [1.29, 1.82) is 0 Å². The predicted octanol–water partition coefficient (Wildman–Crippen LogP) is 3.85. The molecule has 2 aliphatic rings. The lowest BCUT2D eigenvalue weighted by Gasteiger charge is -2.14. The summed E-state index contributed by atoms with van der Waals surface area (Å²) in [7, 11) is 0. The molecule has 1 aliphatic carbocycles. The Balaban J connectivity index is 1.48. The van der Waals surface area contributed by atoms with Crippen molar-refractivity contribution < 1.29 is 14.3 Å². The second-order valence-corrected chi connectivity index (χ2v) is 7.21. The highest BCUT2D eigenvalue weighted by atomic mass is 32.1. The van der Waals surface area contributed by atoms with Crippen molar-refractivity contribution in [2.45, 2.75) is 38.6 Å². The van der Waals surface area contributed by atoms with Gasteiger partial charge in [0, 0.05) is 4.88 Å². The van der Waals surface area contributed by atoms with Crippen LogP contribution in [0.2, 0.25) is 0 Å². The van der Waals surface area contributed by atoms with Crippen LogP contribution in [0.5, 0.6) is 11.5 Å². The number of rotatable bonds is 3. The van der Waals surface area contributed by atoms with Gasteiger partial charge in [0.05, 0.1) is 10.9 Å². The SMILES string of the molecule is CC(NC(=O)c1cc2c(s1)CCCC2)c1ccc2c(c1)OCO2. The number of aryl methyl sites for hydroxylation is 2. The minimum absolute atomic E-state index is 0.00886. The maximum Gasteiger partial charge on any atom is 0.261 e. The molecule has 1 N–H and O–H groups in total. The van der Waals surface area contributed by atoms with Crippen molar-refractivity contribution in [2.24, 2.45) is 0 Å². The molecule has 1 atom stereocenters. The summed E-state index contributed by atoms with van der Waals surface area (Å²) in [6.07, 6.45) is 4.70. The first-order valence-corrected chi connectivity index (χ1v) is 8.84. The number of hydrogen-bond donors (Lipinski definition) is 1. The van der Waals surface area contributed by atoms with Crippen molar-refractivity contribution in [2.75, 3.05) is 6.79 Å². The smallest absolute Gasteiger partial charge is 0.261 e. The van der Waals surface area contributed by atoms with Gasteiger partial charge in [-0.2, -0.15) is 0 Å². The standard InChI is InChI=1S/C18H19NO3S/c1-11(12-6-7-14-15(8-12)22-10-21-14)19-18(20)17-9-13-4-2-3-5-16(13)23-17/h6-9,11H,2-5,10H2,1H3,(H,19,20). The molecule has 0 bridgehead atoms. The molecule has 0 radical (unpaired) electrons. The maximum atomic E-state index is 12.5. The molecule has 0 saturated heterocycles. The van der Waals surface area contributed by atoms with Gasteiger partial charge in [0.1, 0.15) is 0 Å². The van der Waals surface area contributed by atoms with E-state index in [1.54, 1.807) is 11.3 Å². The van der Waals surface area contributed by atoms with Crippen LogP contribution >= 0.6 is 11.3 Å². The number of amides is 1. The molecular weight excluding hydrogens is 310 g/mol. The summed E-state index contributed by atoms with van der Waals surface area (Å²) in [6, 6.07) is 7.80. The lowest BCUT2D eigenvalue weighted by Crippen LogP contribution is -2.25. The van der Waals surface area contributed by atoms with E-state index >= 15 is 0 Å². The first kappa shape index (κ1) is 14.6. The number of carbonyl (C=O) groups excluding carboxylic acids is 1. The fraction of sp³-hybridized carbons (Fsp3) is 0.389. The van der Waals surface area contributed by atoms with E-state index in [0.29, 0.717) is 0 Å². The zero-order chi connectivity index (χ0) is 15.8. The molecule has 2 heterocycles. The minimum atomic E-state index is -0.0730. The zero-order valence-corrected chi connectivity index (χ0v) is 13.9. The van der Waals surface area contributed by atoms with Gasteiger partial charge in [0.25, 0.3) is 5.91 Å². The van der Waals surface area contributed by atoms with Gasteiger partial charge in [0.15, 0.2) is 11.5 Å². The van der Waals surface area contributed by atoms with Gasteiger partial charge in [-0.1, -0.05) is 6.07 Å². The van der Waals surface area contributed by atoms with Crippen molar-refractivity contribution in [3.05, 3.63) is 45.1 Å². The molecule has 1 amide bonds. The normalized spacial score (nSPS) is 16.7. The highest BCUT2D eigenvalue weighted by molar-refractivity contribution is 7.14. The Morgan fingerprint density at radius 1 is 1.17 bits per heavy atom. The predicted molar refractivity (Wildman–Crippen MR) is 89.4 cm³/mol. The van der Waals surface area contributed by atoms with Crippen LogP contribution in [0.4, 0.5) is 0 Å². The highest BCUT2D eigenvalue weighted by Gasteiger charge is 2.20. The van der Waals surface area contributed by atoms with E-state index in [4.69, 9.17) is 9.47 Å². The summed E-state index contributed by atoms with van der Waals surface area (Å²) in [4.78, 5) is 14.7. The molecule has 23 heavy (non-hydrogen) atoms. The molecule has 0 spiro atoms. The molecule has 4 rings (SSSR count). The van der Waals surface area contributed by atoms with Crippen molar-refractivity contribution >= 4 is 17.2 Å². The molecule has 1 aliphatic heterocycles. The highest BCUT2D eigenvalue weighted by Crippen LogP contribution is 2.34. The number of thiophene rings is 1. The molecule has 2 aromatic rings. The Kier molecular flexibility index (Phi) is 3.73. The fourth-order valence-electron chi connectivity index (χ4n) is 3.14. The lowest BCUT2D eigenvalue weighted by molar-refractivity contribution is 0.0944. The minimum Gasteiger partial charge on any atom is -0.454 e. The van der Waals surface area contributed by atoms with Crippen molar-refractivity contribution in [1.82, 2.24) is 5.32 Å². The van der Waals surface area contributed by atoms with Gasteiger partial charge in [-0.05, 0) is 61.9 Å². The number of carbonyl (C=O) groups is 1.